The van der Waals surface area contributed by atoms with Gasteiger partial charge >= 0.3 is 0 Å². The maximum Gasteiger partial charge on any atom is 0.252 e. The Labute approximate surface area is 222 Å². The fourth-order valence-corrected chi connectivity index (χ4v) is 6.23. The maximum atomic E-state index is 3.76. The highest BCUT2D eigenvalue weighted by atomic mass is 79.9. The number of hydrogen-bond acceptors (Lipinski definition) is 2. The van der Waals surface area contributed by atoms with Crippen LogP contribution in [0, 0.1) is 0 Å². The monoisotopic (exact) mass is 576 g/mol. The molecular formula is C30H19BBr2N2. The van der Waals surface area contributed by atoms with Crippen LogP contribution in [0.1, 0.15) is 0 Å². The summed E-state index contributed by atoms with van der Waals surface area (Å²) in [4.78, 5) is 4.81. The van der Waals surface area contributed by atoms with Crippen LogP contribution in [-0.4, -0.2) is 6.71 Å². The molecule has 7 rings (SSSR count). The van der Waals surface area contributed by atoms with Gasteiger partial charge in [-0.3, -0.25) is 0 Å². The number of halogens is 2. The molecule has 5 aromatic rings. The van der Waals surface area contributed by atoms with Gasteiger partial charge in [-0.05, 0) is 83.1 Å². The fourth-order valence-electron chi connectivity index (χ4n) is 5.58. The van der Waals surface area contributed by atoms with Crippen LogP contribution < -0.4 is 26.2 Å². The molecule has 2 aliphatic rings. The number of hydrogen-bond donors (Lipinski definition) is 0. The van der Waals surface area contributed by atoms with Gasteiger partial charge < -0.3 is 9.80 Å². The van der Waals surface area contributed by atoms with Crippen molar-refractivity contribution in [1.82, 2.24) is 0 Å². The topological polar surface area (TPSA) is 6.48 Å². The maximum absolute atomic E-state index is 3.76. The highest BCUT2D eigenvalue weighted by Gasteiger charge is 2.42. The number of nitrogens with zero attached hydrogens (tertiary/aromatic N) is 2. The number of benzene rings is 5. The minimum Gasteiger partial charge on any atom is -0.311 e. The van der Waals surface area contributed by atoms with E-state index in [-0.39, 0.29) is 6.71 Å². The third-order valence-corrected chi connectivity index (χ3v) is 7.98. The second-order valence-corrected chi connectivity index (χ2v) is 10.7. The Morgan fingerprint density at radius 3 is 1.77 bits per heavy atom. The van der Waals surface area contributed by atoms with Crippen molar-refractivity contribution in [3.05, 3.63) is 124 Å². The Bertz CT molecular complexity index is 1580. The molecule has 0 fully saturated rings. The molecule has 0 atom stereocenters. The average Bonchev–Trinajstić information content (AvgIpc) is 2.90. The molecule has 0 bridgehead atoms. The van der Waals surface area contributed by atoms with Crippen LogP contribution in [0.2, 0.25) is 0 Å². The van der Waals surface area contributed by atoms with E-state index in [2.05, 4.69) is 157 Å². The molecule has 0 N–H and O–H groups in total. The summed E-state index contributed by atoms with van der Waals surface area (Å²) in [5, 5.41) is 0. The van der Waals surface area contributed by atoms with Crippen LogP contribution in [0.4, 0.5) is 34.1 Å². The molecule has 2 nitrogen and oxygen atoms in total. The number of para-hydroxylation sites is 2. The van der Waals surface area contributed by atoms with Crippen LogP contribution in [0.5, 0.6) is 0 Å². The third-order valence-electron chi connectivity index (χ3n) is 6.96. The average molecular weight is 578 g/mol. The van der Waals surface area contributed by atoms with Crippen LogP contribution in [-0.2, 0) is 0 Å². The molecule has 2 aliphatic heterocycles. The Morgan fingerprint density at radius 1 is 0.457 bits per heavy atom. The molecule has 2 heterocycles. The summed E-state index contributed by atoms with van der Waals surface area (Å²) < 4.78 is 2.17. The number of rotatable bonds is 2. The van der Waals surface area contributed by atoms with Gasteiger partial charge in [0.25, 0.3) is 6.71 Å². The number of anilines is 6. The predicted octanol–water partition coefficient (Wildman–Crippen LogP) is 7.29. The van der Waals surface area contributed by atoms with E-state index in [0.717, 1.165) is 20.3 Å². The van der Waals surface area contributed by atoms with Gasteiger partial charge in [0.1, 0.15) is 0 Å². The second-order valence-electron chi connectivity index (χ2n) is 8.89. The van der Waals surface area contributed by atoms with E-state index in [1.54, 1.807) is 0 Å². The molecule has 0 aromatic heterocycles. The van der Waals surface area contributed by atoms with Gasteiger partial charge in [-0.15, -0.1) is 0 Å². The van der Waals surface area contributed by atoms with Gasteiger partial charge in [-0.1, -0.05) is 80.4 Å². The Balaban J connectivity index is 1.57. The summed E-state index contributed by atoms with van der Waals surface area (Å²) in [6.45, 7) is 0.150. The molecule has 0 radical (unpaired) electrons. The van der Waals surface area contributed by atoms with Gasteiger partial charge in [0.15, 0.2) is 0 Å². The van der Waals surface area contributed by atoms with Gasteiger partial charge in [0.05, 0.1) is 0 Å². The van der Waals surface area contributed by atoms with E-state index in [0.29, 0.717) is 0 Å². The third kappa shape index (κ3) is 3.22. The van der Waals surface area contributed by atoms with Crippen molar-refractivity contribution >= 4 is 89.1 Å². The minimum absolute atomic E-state index is 0.150. The fraction of sp³-hybridized carbons (Fsp3) is 0. The summed E-state index contributed by atoms with van der Waals surface area (Å²) >= 11 is 7.37. The van der Waals surface area contributed by atoms with Crippen molar-refractivity contribution in [2.75, 3.05) is 9.80 Å². The van der Waals surface area contributed by atoms with Gasteiger partial charge in [-0.25, -0.2) is 0 Å². The zero-order chi connectivity index (χ0) is 23.5. The zero-order valence-electron chi connectivity index (χ0n) is 18.7. The number of fused-ring (bicyclic) bond motifs is 4. The molecule has 35 heavy (non-hydrogen) atoms. The summed E-state index contributed by atoms with van der Waals surface area (Å²) in [6, 6.07) is 41.5. The van der Waals surface area contributed by atoms with Crippen LogP contribution in [0.25, 0.3) is 0 Å². The van der Waals surface area contributed by atoms with E-state index in [1.165, 1.54) is 39.1 Å². The quantitative estimate of drug-likeness (QED) is 0.199. The standard InChI is InChI=1S/C30H19BBr2N2/c32-20-13-16-23(17-14-20)35-26-10-5-4-9-24(26)31-25-19-21(33)15-18-27(25)34(22-7-2-1-3-8-22)28-11-6-12-29(35)30(28)31/h1-19H. The SMILES string of the molecule is Brc1ccc(N2c3ccccc3B3c4cc(Br)ccc4N(c4ccccc4)c4cccc2c43)cc1. The molecule has 0 aliphatic carbocycles. The van der Waals surface area contributed by atoms with Gasteiger partial charge in [0.2, 0.25) is 0 Å². The Kier molecular flexibility index (Phi) is 4.90. The second kappa shape index (κ2) is 8.15. The Hall–Kier alpha value is -3.28. The predicted molar refractivity (Wildman–Crippen MR) is 156 cm³/mol. The summed E-state index contributed by atoms with van der Waals surface area (Å²) in [5.74, 6) is 0. The van der Waals surface area contributed by atoms with E-state index >= 15 is 0 Å². The summed E-state index contributed by atoms with van der Waals surface area (Å²) in [5.41, 5.74) is 11.2. The lowest BCUT2D eigenvalue weighted by molar-refractivity contribution is 1.25. The summed E-state index contributed by atoms with van der Waals surface area (Å²) in [7, 11) is 0. The van der Waals surface area contributed by atoms with Crippen molar-refractivity contribution in [3.63, 3.8) is 0 Å². The van der Waals surface area contributed by atoms with Crippen molar-refractivity contribution in [2.24, 2.45) is 0 Å². The lowest BCUT2D eigenvalue weighted by atomic mass is 9.33. The van der Waals surface area contributed by atoms with Gasteiger partial charge in [-0.2, -0.15) is 0 Å². The lowest BCUT2D eigenvalue weighted by Gasteiger charge is -2.44. The van der Waals surface area contributed by atoms with Crippen molar-refractivity contribution < 1.29 is 0 Å². The minimum atomic E-state index is 0.150. The molecule has 0 saturated heterocycles. The van der Waals surface area contributed by atoms with Crippen molar-refractivity contribution in [2.45, 2.75) is 0 Å². The van der Waals surface area contributed by atoms with Crippen molar-refractivity contribution in [1.29, 1.82) is 0 Å². The van der Waals surface area contributed by atoms with Crippen LogP contribution >= 0.6 is 31.9 Å². The van der Waals surface area contributed by atoms with E-state index in [1.807, 2.05) is 0 Å². The largest absolute Gasteiger partial charge is 0.311 e. The molecule has 5 heteroatoms. The van der Waals surface area contributed by atoms with E-state index < -0.39 is 0 Å². The zero-order valence-corrected chi connectivity index (χ0v) is 21.9. The van der Waals surface area contributed by atoms with Crippen LogP contribution in [0.3, 0.4) is 0 Å². The highest BCUT2D eigenvalue weighted by molar-refractivity contribution is 9.10. The molecule has 0 spiro atoms. The highest BCUT2D eigenvalue weighted by Crippen LogP contribution is 2.43. The first-order valence-corrected chi connectivity index (χ1v) is 13.2. The van der Waals surface area contributed by atoms with E-state index in [4.69, 9.17) is 0 Å². The molecule has 0 amide bonds. The van der Waals surface area contributed by atoms with E-state index in [9.17, 15) is 0 Å². The normalized spacial score (nSPS) is 13.3. The molecule has 0 saturated carbocycles. The molecule has 0 unspecified atom stereocenters. The molecular weight excluding hydrogens is 559 g/mol. The first-order chi connectivity index (χ1) is 17.2. The lowest BCUT2D eigenvalue weighted by Crippen LogP contribution is -2.61. The Morgan fingerprint density at radius 2 is 1.03 bits per heavy atom. The first-order valence-electron chi connectivity index (χ1n) is 11.6. The molecule has 166 valence electrons. The smallest absolute Gasteiger partial charge is 0.252 e. The van der Waals surface area contributed by atoms with Crippen LogP contribution in [0.15, 0.2) is 124 Å². The molecule has 5 aromatic carbocycles. The van der Waals surface area contributed by atoms with Crippen molar-refractivity contribution in [3.8, 4) is 0 Å². The first kappa shape index (κ1) is 21.0. The van der Waals surface area contributed by atoms with Gasteiger partial charge in [0, 0.05) is 43.1 Å². The summed E-state index contributed by atoms with van der Waals surface area (Å²) in [6.07, 6.45) is 0.